The molecule has 1 aromatic heterocycles. The molecule has 0 N–H and O–H groups in total. The molecule has 16 heavy (non-hydrogen) atoms. The van der Waals surface area contributed by atoms with Crippen molar-refractivity contribution in [1.29, 1.82) is 0 Å². The number of aryl methyl sites for hydroxylation is 1. The number of likely N-dealkylation sites (tertiary alicyclic amines) is 1. The fraction of sp³-hybridized carbons (Fsp3) is 0.545. The van der Waals surface area contributed by atoms with E-state index in [2.05, 4.69) is 4.98 Å². The third-order valence-electron chi connectivity index (χ3n) is 2.62. The SMILES string of the molecule is Cc1csc(C(C)CN2CC(=O)CC2=O)n1. The number of nitrogens with zero attached hydrogens (tertiary/aromatic N) is 2. The van der Waals surface area contributed by atoms with Crippen LogP contribution >= 0.6 is 11.3 Å². The van der Waals surface area contributed by atoms with Crippen LogP contribution in [0.2, 0.25) is 0 Å². The van der Waals surface area contributed by atoms with Crippen LogP contribution < -0.4 is 0 Å². The van der Waals surface area contributed by atoms with Gasteiger partial charge in [0.1, 0.15) is 0 Å². The third-order valence-corrected chi connectivity index (χ3v) is 3.82. The maximum Gasteiger partial charge on any atom is 0.230 e. The van der Waals surface area contributed by atoms with Crippen LogP contribution in [0.3, 0.4) is 0 Å². The minimum atomic E-state index is -0.0508. The van der Waals surface area contributed by atoms with E-state index in [0.29, 0.717) is 6.54 Å². The third kappa shape index (κ3) is 2.29. The number of Topliss-reactive ketones (excluding diaryl/α,β-unsaturated/α-hetero) is 1. The van der Waals surface area contributed by atoms with Gasteiger partial charge in [0.25, 0.3) is 0 Å². The van der Waals surface area contributed by atoms with Crippen molar-refractivity contribution in [3.8, 4) is 0 Å². The molecule has 1 fully saturated rings. The number of amides is 1. The predicted molar refractivity (Wildman–Crippen MR) is 61.5 cm³/mol. The van der Waals surface area contributed by atoms with Gasteiger partial charge in [-0.25, -0.2) is 4.98 Å². The molecule has 1 atom stereocenters. The number of hydrogen-bond acceptors (Lipinski definition) is 4. The standard InChI is InChI=1S/C11H14N2O2S/c1-7(11-12-8(2)6-16-11)4-13-5-9(14)3-10(13)15/h6-7H,3-5H2,1-2H3. The molecule has 1 unspecified atom stereocenters. The molecule has 0 saturated carbocycles. The Labute approximate surface area is 98.3 Å². The van der Waals surface area contributed by atoms with Crippen molar-refractivity contribution >= 4 is 23.0 Å². The summed E-state index contributed by atoms with van der Waals surface area (Å²) in [5.41, 5.74) is 1.01. The highest BCUT2D eigenvalue weighted by Gasteiger charge is 2.28. The zero-order valence-corrected chi connectivity index (χ0v) is 10.2. The van der Waals surface area contributed by atoms with E-state index >= 15 is 0 Å². The van der Waals surface area contributed by atoms with Crippen molar-refractivity contribution in [3.05, 3.63) is 16.1 Å². The summed E-state index contributed by atoms with van der Waals surface area (Å²) in [4.78, 5) is 28.6. The number of rotatable bonds is 3. The first-order valence-corrected chi connectivity index (χ1v) is 6.15. The monoisotopic (exact) mass is 238 g/mol. The molecule has 4 nitrogen and oxygen atoms in total. The van der Waals surface area contributed by atoms with Gasteiger partial charge >= 0.3 is 0 Å². The van der Waals surface area contributed by atoms with E-state index in [9.17, 15) is 9.59 Å². The Morgan fingerprint density at radius 1 is 1.56 bits per heavy atom. The fourth-order valence-electron chi connectivity index (χ4n) is 1.81. The lowest BCUT2D eigenvalue weighted by Crippen LogP contribution is -2.29. The number of ketones is 1. The Balaban J connectivity index is 2.00. The molecule has 1 aliphatic heterocycles. The van der Waals surface area contributed by atoms with E-state index in [1.807, 2.05) is 19.2 Å². The van der Waals surface area contributed by atoms with Crippen LogP contribution in [0.1, 0.15) is 30.0 Å². The van der Waals surface area contributed by atoms with Crippen molar-refractivity contribution in [2.45, 2.75) is 26.2 Å². The topological polar surface area (TPSA) is 50.3 Å². The van der Waals surface area contributed by atoms with Gasteiger partial charge < -0.3 is 4.90 Å². The minimum Gasteiger partial charge on any atom is -0.334 e. The van der Waals surface area contributed by atoms with Crippen LogP contribution in [0.15, 0.2) is 5.38 Å². The molecule has 2 heterocycles. The van der Waals surface area contributed by atoms with Gasteiger partial charge in [-0.15, -0.1) is 11.3 Å². The Bertz CT molecular complexity index is 427. The first-order chi connectivity index (χ1) is 7.56. The number of hydrogen-bond donors (Lipinski definition) is 0. The summed E-state index contributed by atoms with van der Waals surface area (Å²) in [5, 5.41) is 3.03. The summed E-state index contributed by atoms with van der Waals surface area (Å²) >= 11 is 1.61. The normalized spacial score (nSPS) is 18.2. The van der Waals surface area contributed by atoms with Crippen LogP contribution in [0.5, 0.6) is 0 Å². The lowest BCUT2D eigenvalue weighted by molar-refractivity contribution is -0.128. The van der Waals surface area contributed by atoms with Crippen LogP contribution in [0, 0.1) is 6.92 Å². The number of carbonyl (C=O) groups excluding carboxylic acids is 2. The van der Waals surface area contributed by atoms with Crippen molar-refractivity contribution in [2.24, 2.45) is 0 Å². The van der Waals surface area contributed by atoms with Gasteiger partial charge in [0.2, 0.25) is 5.91 Å². The fourth-order valence-corrected chi connectivity index (χ4v) is 2.66. The van der Waals surface area contributed by atoms with Gasteiger partial charge in [-0.2, -0.15) is 0 Å². The summed E-state index contributed by atoms with van der Waals surface area (Å²) in [6, 6.07) is 0. The van der Waals surface area contributed by atoms with Gasteiger partial charge in [0.05, 0.1) is 18.0 Å². The van der Waals surface area contributed by atoms with Crippen LogP contribution in [-0.4, -0.2) is 34.7 Å². The van der Waals surface area contributed by atoms with E-state index in [4.69, 9.17) is 0 Å². The molecule has 0 radical (unpaired) electrons. The lowest BCUT2D eigenvalue weighted by Gasteiger charge is -2.18. The summed E-state index contributed by atoms with van der Waals surface area (Å²) in [6.45, 7) is 4.86. The highest BCUT2D eigenvalue weighted by atomic mass is 32.1. The van der Waals surface area contributed by atoms with Crippen molar-refractivity contribution in [1.82, 2.24) is 9.88 Å². The van der Waals surface area contributed by atoms with Crippen molar-refractivity contribution < 1.29 is 9.59 Å². The highest BCUT2D eigenvalue weighted by Crippen LogP contribution is 2.22. The molecule has 0 aliphatic carbocycles. The second-order valence-electron chi connectivity index (χ2n) is 4.22. The van der Waals surface area contributed by atoms with Crippen LogP contribution in [-0.2, 0) is 9.59 Å². The quantitative estimate of drug-likeness (QED) is 0.747. The maximum atomic E-state index is 11.4. The van der Waals surface area contributed by atoms with Gasteiger partial charge in [-0.3, -0.25) is 9.59 Å². The summed E-state index contributed by atoms with van der Waals surface area (Å²) in [6.07, 6.45) is 0.0730. The van der Waals surface area contributed by atoms with Crippen LogP contribution in [0.25, 0.3) is 0 Å². The number of aromatic nitrogens is 1. The molecule has 0 aromatic carbocycles. The van der Waals surface area contributed by atoms with Gasteiger partial charge in [0, 0.05) is 23.5 Å². The molecule has 5 heteroatoms. The van der Waals surface area contributed by atoms with Gasteiger partial charge in [0.15, 0.2) is 5.78 Å². The Hall–Kier alpha value is -1.23. The molecule has 1 aliphatic rings. The molecule has 1 saturated heterocycles. The highest BCUT2D eigenvalue weighted by molar-refractivity contribution is 7.09. The zero-order chi connectivity index (χ0) is 11.7. The molecular formula is C11H14N2O2S. The predicted octanol–water partition coefficient (Wildman–Crippen LogP) is 1.36. The van der Waals surface area contributed by atoms with E-state index < -0.39 is 0 Å². The smallest absolute Gasteiger partial charge is 0.230 e. The van der Waals surface area contributed by atoms with Crippen LogP contribution in [0.4, 0.5) is 0 Å². The average Bonchev–Trinajstić information content (AvgIpc) is 2.74. The minimum absolute atomic E-state index is 0.0209. The molecule has 1 aromatic rings. The lowest BCUT2D eigenvalue weighted by atomic mass is 10.2. The molecule has 86 valence electrons. The Morgan fingerprint density at radius 3 is 2.81 bits per heavy atom. The summed E-state index contributed by atoms with van der Waals surface area (Å²) in [5.74, 6) is 0.172. The summed E-state index contributed by atoms with van der Waals surface area (Å²) in [7, 11) is 0. The molecule has 0 spiro atoms. The average molecular weight is 238 g/mol. The van der Waals surface area contributed by atoms with Crippen molar-refractivity contribution in [2.75, 3.05) is 13.1 Å². The second-order valence-corrected chi connectivity index (χ2v) is 5.11. The van der Waals surface area contributed by atoms with E-state index in [1.165, 1.54) is 0 Å². The number of carbonyl (C=O) groups is 2. The van der Waals surface area contributed by atoms with E-state index in [-0.39, 0.29) is 30.6 Å². The largest absolute Gasteiger partial charge is 0.334 e. The summed E-state index contributed by atoms with van der Waals surface area (Å²) < 4.78 is 0. The molecule has 0 bridgehead atoms. The first kappa shape index (κ1) is 11.3. The van der Waals surface area contributed by atoms with Gasteiger partial charge in [-0.05, 0) is 6.92 Å². The second kappa shape index (κ2) is 4.33. The molecule has 2 rings (SSSR count). The van der Waals surface area contributed by atoms with Crippen molar-refractivity contribution in [3.63, 3.8) is 0 Å². The van der Waals surface area contributed by atoms with E-state index in [0.717, 1.165) is 10.7 Å². The van der Waals surface area contributed by atoms with E-state index in [1.54, 1.807) is 16.2 Å². The molecule has 1 amide bonds. The first-order valence-electron chi connectivity index (χ1n) is 5.27. The zero-order valence-electron chi connectivity index (χ0n) is 9.40. The maximum absolute atomic E-state index is 11.4. The molecular weight excluding hydrogens is 224 g/mol. The Kier molecular flexibility index (Phi) is 3.05. The Morgan fingerprint density at radius 2 is 2.31 bits per heavy atom. The van der Waals surface area contributed by atoms with Gasteiger partial charge in [-0.1, -0.05) is 6.92 Å². The number of thiazole rings is 1.